The average molecular weight is 1190 g/mol. The van der Waals surface area contributed by atoms with Crippen LogP contribution >= 0.6 is 47.8 Å². The van der Waals surface area contributed by atoms with Crippen molar-refractivity contribution in [2.45, 2.75) is 0 Å². The van der Waals surface area contributed by atoms with Crippen LogP contribution < -0.4 is 21.7 Å². The average Bonchev–Trinajstić information content (AvgIpc) is 0.736. The van der Waals surface area contributed by atoms with Crippen LogP contribution in [0.1, 0.15) is 28.5 Å². The van der Waals surface area contributed by atoms with Crippen molar-refractivity contribution in [2.24, 2.45) is 0 Å². The maximum absolute atomic E-state index is 13.7. The van der Waals surface area contributed by atoms with Crippen molar-refractivity contribution in [3.63, 3.8) is 0 Å². The molecule has 0 spiro atoms. The molecular formula is C64H61Br3N4O4. The van der Waals surface area contributed by atoms with Crippen molar-refractivity contribution >= 4 is 135 Å². The Kier molecular flexibility index (Phi) is 14.1. The fourth-order valence-electron chi connectivity index (χ4n) is 8.32. The predicted octanol–water partition coefficient (Wildman–Crippen LogP) is 14.2. The molecule has 75 heavy (non-hydrogen) atoms. The van der Waals surface area contributed by atoms with Crippen LogP contribution in [-0.4, -0.2) is 18.3 Å². The molecule has 6 aromatic carbocycles. The molecule has 0 radical (unpaired) electrons. The minimum atomic E-state index is -0.221. The first-order chi connectivity index (χ1) is 36.5. The smallest absolute Gasteiger partial charge is 0.197 e. The summed E-state index contributed by atoms with van der Waals surface area (Å²) >= 11 is 10.3. The quantitative estimate of drug-likeness (QED) is 0.112. The van der Waals surface area contributed by atoms with Gasteiger partial charge < -0.3 is 0 Å². The van der Waals surface area contributed by atoms with Crippen LogP contribution in [0.3, 0.4) is 0 Å². The van der Waals surface area contributed by atoms with Crippen LogP contribution in [0.2, 0.25) is 0 Å². The third kappa shape index (κ3) is 9.39. The highest BCUT2D eigenvalue weighted by Gasteiger charge is 2.19. The molecule has 0 saturated heterocycles. The lowest BCUT2D eigenvalue weighted by atomic mass is 10.0. The van der Waals surface area contributed by atoms with Crippen molar-refractivity contribution in [1.29, 1.82) is 0 Å². The zero-order chi connectivity index (χ0) is 52.8. The Labute approximate surface area is 481 Å². The molecule has 382 valence electrons. The number of hydrogen-bond donors (Lipinski definition) is 0. The maximum atomic E-state index is 13.7. The number of pyridine rings is 4. The SMILES string of the molecule is C#CC#CC#Cn1c2ccc(Br)cc2c(=O)c2cc3c(cc21)c(=O)c1cc(Br)ccc1n3C#CC#CC#C.C#CC#CC#Cn1c2ccccc2c(=O)c2cc3c(cc21)c(=O)c1cc(Br)ccc1n3C#CC#CC#C.[HH].[HH].[HH].[HH].[HH].[HH].[HH].[HH].[HH].[HH].[HH].[HH].[HH].[HH].[HH].[HH].[HH].[HH].[HH].[HH]. The van der Waals surface area contributed by atoms with Gasteiger partial charge in [0.2, 0.25) is 0 Å². The highest BCUT2D eigenvalue weighted by molar-refractivity contribution is 9.11. The van der Waals surface area contributed by atoms with Gasteiger partial charge in [-0.1, -0.05) is 59.9 Å². The monoisotopic (exact) mass is 1190 g/mol. The van der Waals surface area contributed by atoms with Crippen molar-refractivity contribution in [3.05, 3.63) is 157 Å². The van der Waals surface area contributed by atoms with Crippen LogP contribution in [0.4, 0.5) is 0 Å². The van der Waals surface area contributed by atoms with Gasteiger partial charge in [0, 0.05) is 157 Å². The van der Waals surface area contributed by atoms with Crippen molar-refractivity contribution < 1.29 is 28.5 Å². The van der Waals surface area contributed by atoms with Gasteiger partial charge in [0.15, 0.2) is 21.7 Å². The molecule has 11 heteroatoms. The van der Waals surface area contributed by atoms with E-state index in [1.54, 1.807) is 97.1 Å². The van der Waals surface area contributed by atoms with E-state index in [0.717, 1.165) is 13.4 Å². The lowest BCUT2D eigenvalue weighted by Crippen LogP contribution is -2.13. The standard InChI is InChI=1S/C32H10Br2N2O2.C32H11BrN2O2.20H2/c1-3-5-7-9-15-35-27-13-11-21(33)17-23(27)31(37)25-20-30-26(19-29(25)35)32(38)24-18-22(34)12-14-28(24)36(30)16-10-8-6-4-2;1-3-5-7-11-17-34-27-14-10-9-13-23(27)31(36)25-20-30-26(21-29(25)34)32(37)24-19-22(33)15-16-28(24)35(30)18-12-8-6-4-2;;;;;;;;;;;;;;;;;;;;/h1-2,11-14,17-20H;1-2,9-10,13-16,19-21H;20*1H. The van der Waals surface area contributed by atoms with E-state index in [9.17, 15) is 19.2 Å². The van der Waals surface area contributed by atoms with E-state index < -0.39 is 0 Å². The molecule has 0 bridgehead atoms. The molecule has 0 aliphatic rings. The van der Waals surface area contributed by atoms with Crippen LogP contribution in [0.5, 0.6) is 0 Å². The summed E-state index contributed by atoms with van der Waals surface area (Å²) in [6, 6.07) is 41.6. The fraction of sp³-hybridized carbons (Fsp3) is 0. The zero-order valence-corrected chi connectivity index (χ0v) is 42.9. The van der Waals surface area contributed by atoms with Gasteiger partial charge in [-0.2, -0.15) is 0 Å². The molecule has 10 aromatic rings. The lowest BCUT2D eigenvalue weighted by Gasteiger charge is -2.13. The Morgan fingerprint density at radius 1 is 0.293 bits per heavy atom. The molecule has 4 aromatic heterocycles. The Morgan fingerprint density at radius 2 is 0.547 bits per heavy atom. The number of fused-ring (bicyclic) bond motifs is 8. The molecule has 0 fully saturated rings. The summed E-state index contributed by atoms with van der Waals surface area (Å²) in [6.45, 7) is 0. The van der Waals surface area contributed by atoms with E-state index in [1.165, 1.54) is 0 Å². The summed E-state index contributed by atoms with van der Waals surface area (Å²) in [5.74, 6) is 40.0. The number of halogens is 3. The number of terminal acetylenes is 4. The van der Waals surface area contributed by atoms with Gasteiger partial charge in [0.05, 0.1) is 44.1 Å². The maximum Gasteiger partial charge on any atom is 0.197 e. The number of nitrogens with zero attached hydrogens (tertiary/aromatic N) is 4. The van der Waals surface area contributed by atoms with Gasteiger partial charge >= 0.3 is 0 Å². The first-order valence-corrected chi connectivity index (χ1v) is 24.0. The molecule has 0 amide bonds. The summed E-state index contributed by atoms with van der Waals surface area (Å²) < 4.78 is 8.79. The highest BCUT2D eigenvalue weighted by atomic mass is 79.9. The van der Waals surface area contributed by atoms with Crippen LogP contribution in [0.15, 0.2) is 136 Å². The van der Waals surface area contributed by atoms with Gasteiger partial charge in [-0.25, -0.2) is 0 Å². The molecule has 0 saturated carbocycles. The van der Waals surface area contributed by atoms with Gasteiger partial charge in [0.1, 0.15) is 0 Å². The number of aromatic nitrogens is 4. The molecule has 8 nitrogen and oxygen atoms in total. The van der Waals surface area contributed by atoms with Crippen LogP contribution in [-0.2, 0) is 0 Å². The second kappa shape index (κ2) is 21.4. The van der Waals surface area contributed by atoms with Gasteiger partial charge in [-0.15, -0.1) is 25.7 Å². The molecule has 0 atom stereocenters. The van der Waals surface area contributed by atoms with E-state index in [0.29, 0.717) is 87.2 Å². The highest BCUT2D eigenvalue weighted by Crippen LogP contribution is 2.29. The summed E-state index contributed by atoms with van der Waals surface area (Å²) in [5.41, 5.74) is 3.25. The normalized spacial score (nSPS) is 9.64. The predicted molar refractivity (Wildman–Crippen MR) is 354 cm³/mol. The minimum absolute atomic E-state index is 0. The zero-order valence-electron chi connectivity index (χ0n) is 38.2. The van der Waals surface area contributed by atoms with Gasteiger partial charge in [0.25, 0.3) is 0 Å². The molecule has 10 rings (SSSR count). The Hall–Kier alpha value is -10.6. The third-order valence-corrected chi connectivity index (χ3v) is 12.8. The topological polar surface area (TPSA) is 88.0 Å². The van der Waals surface area contributed by atoms with E-state index >= 15 is 0 Å². The van der Waals surface area contributed by atoms with E-state index in [2.05, 4.69) is 167 Å². The lowest BCUT2D eigenvalue weighted by molar-refractivity contribution is 1.22. The fourth-order valence-corrected chi connectivity index (χ4v) is 9.41. The van der Waals surface area contributed by atoms with Gasteiger partial charge in [-0.05, 0) is 138 Å². The summed E-state index contributed by atoms with van der Waals surface area (Å²) in [4.78, 5) is 54.7. The number of para-hydroxylation sites is 1. The molecule has 0 aliphatic carbocycles. The third-order valence-electron chi connectivity index (χ3n) is 11.4. The molecule has 4 heterocycles. The van der Waals surface area contributed by atoms with Crippen molar-refractivity contribution in [3.8, 4) is 145 Å². The number of hydrogen-bond acceptors (Lipinski definition) is 4. The first kappa shape index (κ1) is 49.3. The van der Waals surface area contributed by atoms with Crippen molar-refractivity contribution in [2.75, 3.05) is 0 Å². The first-order valence-electron chi connectivity index (χ1n) is 21.6. The summed E-state index contributed by atoms with van der Waals surface area (Å²) in [6.07, 6.45) is 20.8. The Bertz CT molecular complexity index is 5220. The molecule has 0 unspecified atom stereocenters. The number of rotatable bonds is 0. The second-order valence-corrected chi connectivity index (χ2v) is 18.2. The molecule has 0 aliphatic heterocycles. The van der Waals surface area contributed by atoms with E-state index in [4.69, 9.17) is 25.7 Å². The Balaban J connectivity index is -0.000000120. The van der Waals surface area contributed by atoms with Crippen LogP contribution in [0.25, 0.3) is 87.2 Å². The largest absolute Gasteiger partial charge is 0.288 e. The number of benzene rings is 6. The molecular weight excluding hydrogens is 1130 g/mol. The second-order valence-electron chi connectivity index (χ2n) is 15.5. The van der Waals surface area contributed by atoms with E-state index in [-0.39, 0.29) is 50.2 Å². The van der Waals surface area contributed by atoms with Crippen LogP contribution in [0, 0.1) is 145 Å². The summed E-state index contributed by atoms with van der Waals surface area (Å²) in [7, 11) is 0. The Morgan fingerprint density at radius 3 is 0.840 bits per heavy atom. The van der Waals surface area contributed by atoms with Crippen molar-refractivity contribution in [1.82, 2.24) is 18.3 Å². The molecule has 0 N–H and O–H groups in total. The van der Waals surface area contributed by atoms with Gasteiger partial charge in [-0.3, -0.25) is 37.4 Å². The summed E-state index contributed by atoms with van der Waals surface area (Å²) in [5, 5.41) is 3.22. The minimum Gasteiger partial charge on any atom is -0.288 e. The van der Waals surface area contributed by atoms with E-state index in [1.807, 2.05) is 24.3 Å².